The van der Waals surface area contributed by atoms with Gasteiger partial charge in [0, 0.05) is 12.6 Å². The first-order valence-corrected chi connectivity index (χ1v) is 4.60. The summed E-state index contributed by atoms with van der Waals surface area (Å²) in [6.07, 6.45) is 3.35. The summed E-state index contributed by atoms with van der Waals surface area (Å²) in [4.78, 5) is 14.9. The number of aromatic nitrogens is 2. The van der Waals surface area contributed by atoms with E-state index < -0.39 is 0 Å². The Morgan fingerprint density at radius 2 is 2.21 bits per heavy atom. The van der Waals surface area contributed by atoms with Crippen LogP contribution in [0.2, 0.25) is 0 Å². The van der Waals surface area contributed by atoms with Crippen LogP contribution in [0, 0.1) is 13.8 Å². The number of rotatable bonds is 2. The van der Waals surface area contributed by atoms with E-state index in [0.717, 1.165) is 23.3 Å². The second-order valence-electron chi connectivity index (χ2n) is 3.45. The summed E-state index contributed by atoms with van der Waals surface area (Å²) in [5, 5.41) is 0. The van der Waals surface area contributed by atoms with Gasteiger partial charge in [-0.25, -0.2) is 4.98 Å². The van der Waals surface area contributed by atoms with E-state index in [4.69, 9.17) is 0 Å². The van der Waals surface area contributed by atoms with E-state index >= 15 is 0 Å². The van der Waals surface area contributed by atoms with Crippen LogP contribution in [-0.2, 0) is 11.2 Å². The van der Waals surface area contributed by atoms with E-state index in [1.807, 2.05) is 36.6 Å². The van der Waals surface area contributed by atoms with Gasteiger partial charge in [-0.2, -0.15) is 0 Å². The highest BCUT2D eigenvalue weighted by molar-refractivity contribution is 5.57. The summed E-state index contributed by atoms with van der Waals surface area (Å²) in [5.74, 6) is 0. The zero-order valence-corrected chi connectivity index (χ0v) is 8.32. The predicted octanol–water partition coefficient (Wildman–Crippen LogP) is 1.69. The number of hydrogen-bond acceptors (Lipinski definition) is 2. The Balaban J connectivity index is 2.72. The molecular weight excluding hydrogens is 176 g/mol. The first-order valence-electron chi connectivity index (χ1n) is 4.60. The highest BCUT2D eigenvalue weighted by Gasteiger charge is 2.07. The number of aryl methyl sites for hydroxylation is 2. The molecule has 0 aliphatic rings. The molecule has 0 aliphatic heterocycles. The third kappa shape index (κ3) is 1.31. The zero-order valence-electron chi connectivity index (χ0n) is 8.32. The Hall–Kier alpha value is -1.64. The van der Waals surface area contributed by atoms with Gasteiger partial charge in [-0.15, -0.1) is 0 Å². The van der Waals surface area contributed by atoms with E-state index in [1.165, 1.54) is 5.56 Å². The highest BCUT2D eigenvalue weighted by Crippen LogP contribution is 2.13. The van der Waals surface area contributed by atoms with Gasteiger partial charge in [-0.05, 0) is 25.5 Å². The minimum Gasteiger partial charge on any atom is -0.303 e. The molecule has 0 N–H and O–H groups in total. The number of imidazole rings is 1. The fraction of sp³-hybridized carbons (Fsp3) is 0.273. The average Bonchev–Trinajstić information content (AvgIpc) is 2.45. The van der Waals surface area contributed by atoms with E-state index in [-0.39, 0.29) is 0 Å². The van der Waals surface area contributed by atoms with E-state index in [0.29, 0.717) is 6.42 Å². The van der Waals surface area contributed by atoms with Crippen LogP contribution in [0.3, 0.4) is 0 Å². The maximum absolute atomic E-state index is 10.5. The summed E-state index contributed by atoms with van der Waals surface area (Å²) >= 11 is 0. The Bertz CT molecular complexity index is 485. The zero-order chi connectivity index (χ0) is 10.1. The molecule has 0 saturated heterocycles. The molecule has 14 heavy (non-hydrogen) atoms. The molecule has 72 valence electrons. The summed E-state index contributed by atoms with van der Waals surface area (Å²) in [7, 11) is 0. The lowest BCUT2D eigenvalue weighted by Gasteiger charge is -1.99. The van der Waals surface area contributed by atoms with Crippen molar-refractivity contribution in [3.63, 3.8) is 0 Å². The Labute approximate surface area is 82.4 Å². The summed E-state index contributed by atoms with van der Waals surface area (Å²) in [6, 6.07) is 3.99. The van der Waals surface area contributed by atoms with Gasteiger partial charge in [0.1, 0.15) is 11.9 Å². The van der Waals surface area contributed by atoms with Crippen LogP contribution in [0.15, 0.2) is 18.3 Å². The fourth-order valence-electron chi connectivity index (χ4n) is 1.64. The van der Waals surface area contributed by atoms with Gasteiger partial charge >= 0.3 is 0 Å². The summed E-state index contributed by atoms with van der Waals surface area (Å²) in [6.45, 7) is 3.96. The normalized spacial score (nSPS) is 10.7. The number of hydrogen-bond donors (Lipinski definition) is 0. The molecule has 0 atom stereocenters. The molecule has 0 fully saturated rings. The fourth-order valence-corrected chi connectivity index (χ4v) is 1.64. The van der Waals surface area contributed by atoms with Crippen molar-refractivity contribution in [2.24, 2.45) is 0 Å². The Kier molecular flexibility index (Phi) is 2.08. The molecule has 0 saturated carbocycles. The predicted molar refractivity (Wildman–Crippen MR) is 54.4 cm³/mol. The van der Waals surface area contributed by atoms with Crippen molar-refractivity contribution >= 4 is 11.9 Å². The van der Waals surface area contributed by atoms with E-state index in [1.54, 1.807) is 0 Å². The van der Waals surface area contributed by atoms with Crippen LogP contribution < -0.4 is 0 Å². The lowest BCUT2D eigenvalue weighted by Crippen LogP contribution is -1.95. The average molecular weight is 188 g/mol. The van der Waals surface area contributed by atoms with Crippen molar-refractivity contribution < 1.29 is 4.79 Å². The molecule has 0 amide bonds. The third-order valence-corrected chi connectivity index (χ3v) is 2.34. The van der Waals surface area contributed by atoms with Crippen molar-refractivity contribution in [2.75, 3.05) is 0 Å². The molecule has 0 aliphatic carbocycles. The molecule has 2 heterocycles. The number of fused-ring (bicyclic) bond motifs is 1. The maximum atomic E-state index is 10.5. The van der Waals surface area contributed by atoms with Crippen molar-refractivity contribution in [3.8, 4) is 0 Å². The second-order valence-corrected chi connectivity index (χ2v) is 3.45. The molecule has 3 heteroatoms. The van der Waals surface area contributed by atoms with Crippen molar-refractivity contribution in [1.82, 2.24) is 9.38 Å². The van der Waals surface area contributed by atoms with Crippen LogP contribution >= 0.6 is 0 Å². The summed E-state index contributed by atoms with van der Waals surface area (Å²) < 4.78 is 1.99. The Morgan fingerprint density at radius 1 is 1.43 bits per heavy atom. The monoisotopic (exact) mass is 188 g/mol. The number of carbonyl (C=O) groups is 1. The van der Waals surface area contributed by atoms with Crippen LogP contribution in [-0.4, -0.2) is 15.7 Å². The largest absolute Gasteiger partial charge is 0.303 e. The number of nitrogens with zero attached hydrogens (tertiary/aromatic N) is 2. The standard InChI is InChI=1S/C11H12N2O/c1-8-3-4-11-12-9(2)10(5-6-14)13(11)7-8/h3-4,6-7H,5H2,1-2H3. The third-order valence-electron chi connectivity index (χ3n) is 2.34. The second kappa shape index (κ2) is 3.25. The topological polar surface area (TPSA) is 34.4 Å². The van der Waals surface area contributed by atoms with Gasteiger partial charge in [0.2, 0.25) is 0 Å². The van der Waals surface area contributed by atoms with Gasteiger partial charge in [-0.3, -0.25) is 0 Å². The number of carbonyl (C=O) groups excluding carboxylic acids is 1. The first kappa shape index (κ1) is 8.94. The van der Waals surface area contributed by atoms with Crippen LogP contribution in [0.4, 0.5) is 0 Å². The molecule has 0 radical (unpaired) electrons. The van der Waals surface area contributed by atoms with E-state index in [2.05, 4.69) is 4.98 Å². The quantitative estimate of drug-likeness (QED) is 0.672. The van der Waals surface area contributed by atoms with Crippen LogP contribution in [0.5, 0.6) is 0 Å². The van der Waals surface area contributed by atoms with Crippen LogP contribution in [0.1, 0.15) is 17.0 Å². The van der Waals surface area contributed by atoms with Gasteiger partial charge in [0.15, 0.2) is 0 Å². The SMILES string of the molecule is Cc1ccc2nc(C)c(CC=O)n2c1. The highest BCUT2D eigenvalue weighted by atomic mass is 16.1. The van der Waals surface area contributed by atoms with Crippen LogP contribution in [0.25, 0.3) is 5.65 Å². The lowest BCUT2D eigenvalue weighted by atomic mass is 10.2. The molecule has 0 spiro atoms. The van der Waals surface area contributed by atoms with Gasteiger partial charge in [-0.1, -0.05) is 6.07 Å². The number of pyridine rings is 1. The van der Waals surface area contributed by atoms with Crippen molar-refractivity contribution in [3.05, 3.63) is 35.3 Å². The minimum absolute atomic E-state index is 0.427. The van der Waals surface area contributed by atoms with E-state index in [9.17, 15) is 4.79 Å². The molecule has 0 unspecified atom stereocenters. The molecule has 2 aromatic heterocycles. The maximum Gasteiger partial charge on any atom is 0.137 e. The summed E-state index contributed by atoms with van der Waals surface area (Å²) in [5.41, 5.74) is 3.99. The molecular formula is C11H12N2O. The van der Waals surface area contributed by atoms with Gasteiger partial charge < -0.3 is 9.20 Å². The molecule has 3 nitrogen and oxygen atoms in total. The van der Waals surface area contributed by atoms with Crippen molar-refractivity contribution in [1.29, 1.82) is 0 Å². The lowest BCUT2D eigenvalue weighted by molar-refractivity contribution is -0.107. The first-order chi connectivity index (χ1) is 6.72. The molecule has 0 aromatic carbocycles. The van der Waals surface area contributed by atoms with Gasteiger partial charge in [0.05, 0.1) is 11.4 Å². The Morgan fingerprint density at radius 3 is 2.93 bits per heavy atom. The molecule has 0 bridgehead atoms. The minimum atomic E-state index is 0.427. The molecule has 2 rings (SSSR count). The molecule has 2 aromatic rings. The number of aldehydes is 1. The van der Waals surface area contributed by atoms with Crippen molar-refractivity contribution in [2.45, 2.75) is 20.3 Å². The smallest absolute Gasteiger partial charge is 0.137 e. The van der Waals surface area contributed by atoms with Gasteiger partial charge in [0.25, 0.3) is 0 Å².